The maximum absolute atomic E-state index is 14.2. The quantitative estimate of drug-likeness (QED) is 0.0411. The SMILES string of the molecule is C=CCOc1ccc(C2/C(=C(\O)c3ccc(OCC)cc3)C(=O)C(=O)N2c2nnc(SCc3ccccc3F)s2)cc1OCC. The Labute approximate surface area is 268 Å². The van der Waals surface area contributed by atoms with Crippen LogP contribution in [0.15, 0.2) is 89.3 Å². The first-order valence-electron chi connectivity index (χ1n) is 14.1. The maximum atomic E-state index is 14.2. The molecule has 12 heteroatoms. The Morgan fingerprint density at radius 2 is 1.78 bits per heavy atom. The minimum atomic E-state index is -1.07. The van der Waals surface area contributed by atoms with Gasteiger partial charge in [-0.3, -0.25) is 14.5 Å². The Morgan fingerprint density at radius 1 is 1.02 bits per heavy atom. The molecule has 1 saturated heterocycles. The number of aromatic nitrogens is 2. The molecule has 1 fully saturated rings. The molecule has 0 bridgehead atoms. The lowest BCUT2D eigenvalue weighted by Gasteiger charge is -2.23. The van der Waals surface area contributed by atoms with Crippen LogP contribution in [0, 0.1) is 5.82 Å². The van der Waals surface area contributed by atoms with Crippen LogP contribution >= 0.6 is 23.1 Å². The number of carbonyl (C=O) groups is 2. The van der Waals surface area contributed by atoms with Crippen LogP contribution in [0.25, 0.3) is 5.76 Å². The van der Waals surface area contributed by atoms with Crippen molar-refractivity contribution in [1.29, 1.82) is 0 Å². The first-order chi connectivity index (χ1) is 21.9. The van der Waals surface area contributed by atoms with Gasteiger partial charge < -0.3 is 19.3 Å². The van der Waals surface area contributed by atoms with Crippen molar-refractivity contribution in [3.05, 3.63) is 107 Å². The van der Waals surface area contributed by atoms with Crippen LogP contribution < -0.4 is 19.1 Å². The first kappa shape index (κ1) is 31.7. The number of rotatable bonds is 13. The molecule has 0 spiro atoms. The fourth-order valence-corrected chi connectivity index (χ4v) is 6.57. The molecule has 0 aliphatic carbocycles. The molecule has 1 aliphatic rings. The predicted molar refractivity (Wildman–Crippen MR) is 172 cm³/mol. The third-order valence-electron chi connectivity index (χ3n) is 6.73. The Balaban J connectivity index is 1.58. The average molecular weight is 648 g/mol. The molecule has 1 N–H and O–H groups in total. The highest BCUT2D eigenvalue weighted by atomic mass is 32.2. The van der Waals surface area contributed by atoms with Crippen LogP contribution in [0.4, 0.5) is 9.52 Å². The molecule has 0 radical (unpaired) electrons. The third kappa shape index (κ3) is 6.86. The fraction of sp³-hybridized carbons (Fsp3) is 0.212. The number of Topliss-reactive ketones (excluding diaryl/α,β-unsaturated/α-hetero) is 1. The molecule has 0 saturated carbocycles. The zero-order valence-electron chi connectivity index (χ0n) is 24.6. The van der Waals surface area contributed by atoms with Crippen molar-refractivity contribution in [1.82, 2.24) is 10.2 Å². The lowest BCUT2D eigenvalue weighted by Crippen LogP contribution is -2.29. The van der Waals surface area contributed by atoms with E-state index in [9.17, 15) is 19.1 Å². The molecule has 3 aromatic carbocycles. The van der Waals surface area contributed by atoms with Crippen LogP contribution in [0.2, 0.25) is 0 Å². The number of hydrogen-bond acceptors (Lipinski definition) is 10. The monoisotopic (exact) mass is 647 g/mol. The van der Waals surface area contributed by atoms with E-state index in [1.807, 2.05) is 13.8 Å². The summed E-state index contributed by atoms with van der Waals surface area (Å²) in [5, 5.41) is 20.1. The maximum Gasteiger partial charge on any atom is 0.301 e. The Morgan fingerprint density at radius 3 is 2.49 bits per heavy atom. The summed E-state index contributed by atoms with van der Waals surface area (Å²) in [6.07, 6.45) is 1.60. The van der Waals surface area contributed by atoms with E-state index in [4.69, 9.17) is 14.2 Å². The first-order valence-corrected chi connectivity index (χ1v) is 15.9. The van der Waals surface area contributed by atoms with Crippen molar-refractivity contribution in [2.24, 2.45) is 0 Å². The van der Waals surface area contributed by atoms with Gasteiger partial charge in [-0.15, -0.1) is 10.2 Å². The van der Waals surface area contributed by atoms with E-state index in [1.165, 1.54) is 22.7 Å². The lowest BCUT2D eigenvalue weighted by atomic mass is 9.95. The van der Waals surface area contributed by atoms with E-state index in [2.05, 4.69) is 16.8 Å². The second-order valence-electron chi connectivity index (χ2n) is 9.60. The number of ketones is 1. The summed E-state index contributed by atoms with van der Waals surface area (Å²) in [4.78, 5) is 28.5. The summed E-state index contributed by atoms with van der Waals surface area (Å²) in [5.74, 6) is -0.713. The smallest absolute Gasteiger partial charge is 0.301 e. The van der Waals surface area contributed by atoms with Gasteiger partial charge in [0.15, 0.2) is 15.8 Å². The summed E-state index contributed by atoms with van der Waals surface area (Å²) in [5.41, 5.74) is 1.18. The van der Waals surface area contributed by atoms with Crippen molar-refractivity contribution >= 4 is 45.7 Å². The van der Waals surface area contributed by atoms with Crippen molar-refractivity contribution in [2.45, 2.75) is 30.0 Å². The third-order valence-corrected chi connectivity index (χ3v) is 8.84. The summed E-state index contributed by atoms with van der Waals surface area (Å²) in [6.45, 7) is 8.40. The van der Waals surface area contributed by atoms with Gasteiger partial charge in [0.2, 0.25) is 5.13 Å². The summed E-state index contributed by atoms with van der Waals surface area (Å²) in [6, 6.07) is 17.0. The average Bonchev–Trinajstić information content (AvgIpc) is 3.62. The molecule has 1 unspecified atom stereocenters. The van der Waals surface area contributed by atoms with Crippen molar-refractivity contribution in [3.63, 3.8) is 0 Å². The van der Waals surface area contributed by atoms with Gasteiger partial charge in [-0.05, 0) is 67.4 Å². The molecular weight excluding hydrogens is 618 g/mol. The van der Waals surface area contributed by atoms with Gasteiger partial charge in [-0.1, -0.05) is 60.0 Å². The second-order valence-corrected chi connectivity index (χ2v) is 11.8. The molecule has 2 heterocycles. The van der Waals surface area contributed by atoms with Gasteiger partial charge in [0, 0.05) is 11.3 Å². The number of anilines is 1. The van der Waals surface area contributed by atoms with Crippen LogP contribution in [-0.2, 0) is 15.3 Å². The molecule has 5 rings (SSSR count). The van der Waals surface area contributed by atoms with Crippen molar-refractivity contribution < 1.29 is 33.3 Å². The molecule has 232 valence electrons. The van der Waals surface area contributed by atoms with Gasteiger partial charge in [0.1, 0.15) is 23.9 Å². The van der Waals surface area contributed by atoms with Gasteiger partial charge in [-0.2, -0.15) is 0 Å². The number of halogens is 1. The number of thioether (sulfide) groups is 1. The highest BCUT2D eigenvalue weighted by molar-refractivity contribution is 8.00. The molecule has 9 nitrogen and oxygen atoms in total. The van der Waals surface area contributed by atoms with Crippen LogP contribution in [0.1, 0.15) is 36.6 Å². The number of hydrogen-bond donors (Lipinski definition) is 1. The normalized spacial score (nSPS) is 15.7. The number of amides is 1. The van der Waals surface area contributed by atoms with E-state index in [1.54, 1.807) is 66.7 Å². The molecule has 1 amide bonds. The minimum Gasteiger partial charge on any atom is -0.507 e. The van der Waals surface area contributed by atoms with E-state index in [0.717, 1.165) is 11.3 Å². The van der Waals surface area contributed by atoms with Crippen LogP contribution in [0.5, 0.6) is 17.2 Å². The standard InChI is InChI=1S/C33H30FN3O6S2/c1-4-17-43-25-16-13-21(18-26(25)42-6-3)28-27(29(38)20-11-14-23(15-12-20)41-5-2)30(39)31(40)37(28)32-35-36-33(45-32)44-19-22-9-7-8-10-24(22)34/h4,7-16,18,28,38H,1,5-6,17,19H2,2-3H3/b29-27+. The summed E-state index contributed by atoms with van der Waals surface area (Å²) < 4.78 is 31.7. The topological polar surface area (TPSA) is 111 Å². The molecular formula is C33H30FN3O6S2. The van der Waals surface area contributed by atoms with Gasteiger partial charge in [-0.25, -0.2) is 4.39 Å². The summed E-state index contributed by atoms with van der Waals surface area (Å²) >= 11 is 2.35. The zero-order chi connectivity index (χ0) is 31.9. The number of carbonyl (C=O) groups excluding carboxylic acids is 2. The Kier molecular flexibility index (Phi) is 10.2. The number of aliphatic hydroxyl groups is 1. The van der Waals surface area contributed by atoms with Crippen molar-refractivity contribution in [3.8, 4) is 17.2 Å². The minimum absolute atomic E-state index is 0.123. The summed E-state index contributed by atoms with van der Waals surface area (Å²) in [7, 11) is 0. The highest BCUT2D eigenvalue weighted by Gasteiger charge is 2.48. The van der Waals surface area contributed by atoms with Gasteiger partial charge in [0.25, 0.3) is 5.78 Å². The molecule has 1 aromatic heterocycles. The molecule has 45 heavy (non-hydrogen) atoms. The largest absolute Gasteiger partial charge is 0.507 e. The van der Waals surface area contributed by atoms with Gasteiger partial charge in [0.05, 0.1) is 24.8 Å². The Hall–Kier alpha value is -4.68. The molecule has 4 aromatic rings. The number of aliphatic hydroxyl groups excluding tert-OH is 1. The number of nitrogens with zero attached hydrogens (tertiary/aromatic N) is 3. The predicted octanol–water partition coefficient (Wildman–Crippen LogP) is 6.96. The second kappa shape index (κ2) is 14.4. The van der Waals surface area contributed by atoms with Gasteiger partial charge >= 0.3 is 5.91 Å². The van der Waals surface area contributed by atoms with E-state index in [-0.39, 0.29) is 28.9 Å². The molecule has 1 aliphatic heterocycles. The fourth-order valence-electron chi connectivity index (χ4n) is 4.72. The van der Waals surface area contributed by atoms with E-state index in [0.29, 0.717) is 57.2 Å². The Bertz CT molecular complexity index is 1740. The van der Waals surface area contributed by atoms with Crippen LogP contribution in [-0.4, -0.2) is 46.8 Å². The lowest BCUT2D eigenvalue weighted by molar-refractivity contribution is -0.132. The zero-order valence-corrected chi connectivity index (χ0v) is 26.2. The van der Waals surface area contributed by atoms with Crippen molar-refractivity contribution in [2.75, 3.05) is 24.7 Å². The highest BCUT2D eigenvalue weighted by Crippen LogP contribution is 2.45. The van der Waals surface area contributed by atoms with Crippen LogP contribution in [0.3, 0.4) is 0 Å². The number of benzene rings is 3. The molecule has 1 atom stereocenters. The van der Waals surface area contributed by atoms with E-state index >= 15 is 0 Å². The number of ether oxygens (including phenoxy) is 3. The van der Waals surface area contributed by atoms with E-state index < -0.39 is 17.7 Å².